The van der Waals surface area contributed by atoms with Gasteiger partial charge in [0, 0.05) is 17.1 Å². The van der Waals surface area contributed by atoms with Crippen LogP contribution in [0.3, 0.4) is 0 Å². The summed E-state index contributed by atoms with van der Waals surface area (Å²) in [7, 11) is 0. The van der Waals surface area contributed by atoms with E-state index in [9.17, 15) is 0 Å². The SMILES string of the molecule is O=S([O-])O.[Cu].[GaH3].[InH3]. The third-order valence-electron chi connectivity index (χ3n) is 0. The van der Waals surface area contributed by atoms with E-state index in [-0.39, 0.29) is 62.7 Å². The molecule has 0 fully saturated rings. The van der Waals surface area contributed by atoms with E-state index in [4.69, 9.17) is 13.3 Å². The Morgan fingerprint density at radius 2 is 1.57 bits per heavy atom. The summed E-state index contributed by atoms with van der Waals surface area (Å²) in [5, 5.41) is 0. The van der Waals surface area contributed by atoms with E-state index in [1.54, 1.807) is 0 Å². The Hall–Kier alpha value is 2.10. The van der Waals surface area contributed by atoms with Crippen LogP contribution in [-0.4, -0.2) is 58.9 Å². The number of hydrogen-bond donors (Lipinski definition) is 1. The second kappa shape index (κ2) is 15.7. The van der Waals surface area contributed by atoms with Crippen molar-refractivity contribution in [2.24, 2.45) is 0 Å². The molecule has 0 aliphatic rings. The van der Waals surface area contributed by atoms with Gasteiger partial charge >= 0.3 is 45.6 Å². The summed E-state index contributed by atoms with van der Waals surface area (Å²) in [6, 6.07) is 0. The molecule has 1 atom stereocenters. The van der Waals surface area contributed by atoms with E-state index in [1.807, 2.05) is 0 Å². The van der Waals surface area contributed by atoms with Crippen LogP contribution in [0.4, 0.5) is 0 Å². The van der Waals surface area contributed by atoms with Crippen molar-refractivity contribution in [2.45, 2.75) is 0 Å². The van der Waals surface area contributed by atoms with Crippen molar-refractivity contribution in [1.82, 2.24) is 0 Å². The molecule has 1 unspecified atom stereocenters. The van der Waals surface area contributed by atoms with Gasteiger partial charge in [0.1, 0.15) is 0 Å². The first-order valence-electron chi connectivity index (χ1n) is 0.516. The summed E-state index contributed by atoms with van der Waals surface area (Å²) in [4.78, 5) is 0. The number of hydrogen-bond acceptors (Lipinski definition) is 2. The second-order valence-corrected chi connectivity index (χ2v) is 0.651. The average Bonchev–Trinajstić information content (AvgIpc) is 0.811. The van der Waals surface area contributed by atoms with E-state index in [0.29, 0.717) is 0 Å². The molecule has 49 valence electrons. The molecular weight excluding hydrogens is 328 g/mol. The molecule has 3 nitrogen and oxygen atoms in total. The predicted octanol–water partition coefficient (Wildman–Crippen LogP) is -3.03. The Morgan fingerprint density at radius 1 is 1.57 bits per heavy atom. The standard InChI is InChI=1S/Cu.Ga.In.H2O3S.6H/c;;;1-4(2)3;;;;;;/h;;;(H2,1,2,3);;;;;;/p-1. The summed E-state index contributed by atoms with van der Waals surface area (Å²) in [6.07, 6.45) is 0. The molecule has 0 bridgehead atoms. The maximum atomic E-state index is 8.56. The van der Waals surface area contributed by atoms with Crippen LogP contribution < -0.4 is 0 Å². The summed E-state index contributed by atoms with van der Waals surface area (Å²) < 4.78 is 24.1. The maximum absolute atomic E-state index is 8.56. The molecule has 7 heavy (non-hydrogen) atoms. The first-order chi connectivity index (χ1) is 1.73. The van der Waals surface area contributed by atoms with Gasteiger partial charge in [-0.2, -0.15) is 0 Å². The van der Waals surface area contributed by atoms with Crippen LogP contribution in [0.5, 0.6) is 0 Å². The fourth-order valence-corrected chi connectivity index (χ4v) is 0. The molecule has 0 spiro atoms. The molecule has 0 aromatic rings. The molecule has 0 aromatic carbocycles. The first-order valence-corrected chi connectivity index (χ1v) is 1.55. The zero-order chi connectivity index (χ0) is 3.58. The first kappa shape index (κ1) is 23.0. The Labute approximate surface area is 86.4 Å². The van der Waals surface area contributed by atoms with Gasteiger partial charge < -0.3 is 9.11 Å². The van der Waals surface area contributed by atoms with E-state index in [2.05, 4.69) is 0 Å². The Bertz CT molecular complexity index is 37.9. The van der Waals surface area contributed by atoms with Gasteiger partial charge in [0.15, 0.2) is 0 Å². The summed E-state index contributed by atoms with van der Waals surface area (Å²) in [5.74, 6) is 0. The number of rotatable bonds is 0. The molecule has 0 saturated carbocycles. The van der Waals surface area contributed by atoms with Gasteiger partial charge in [0.05, 0.1) is 11.4 Å². The minimum atomic E-state index is -2.86. The molecule has 0 aromatic heterocycles. The predicted molar refractivity (Wildman–Crippen MR) is 31.4 cm³/mol. The van der Waals surface area contributed by atoms with Gasteiger partial charge in [-0.15, -0.1) is 0 Å². The third-order valence-corrected chi connectivity index (χ3v) is 0. The Balaban J connectivity index is -0.0000000150. The fraction of sp³-hybridized carbons (Fsp3) is 0. The minimum absolute atomic E-state index is 0. The fourth-order valence-electron chi connectivity index (χ4n) is 0. The van der Waals surface area contributed by atoms with Gasteiger partial charge in [-0.05, 0) is 0 Å². The van der Waals surface area contributed by atoms with Crippen LogP contribution in [0.15, 0.2) is 0 Å². The van der Waals surface area contributed by atoms with Crippen LogP contribution in [0.1, 0.15) is 0 Å². The van der Waals surface area contributed by atoms with Crippen molar-refractivity contribution < 1.29 is 30.4 Å². The average molecular weight is 335 g/mol. The molecule has 0 saturated heterocycles. The van der Waals surface area contributed by atoms with E-state index in [0.717, 1.165) is 0 Å². The molecule has 0 rings (SSSR count). The van der Waals surface area contributed by atoms with E-state index in [1.165, 1.54) is 0 Å². The molecule has 1 radical (unpaired) electrons. The van der Waals surface area contributed by atoms with Gasteiger partial charge in [-0.1, -0.05) is 0 Å². The van der Waals surface area contributed by atoms with Crippen LogP contribution in [0.2, 0.25) is 0 Å². The summed E-state index contributed by atoms with van der Waals surface area (Å²) >= 11 is -2.86. The summed E-state index contributed by atoms with van der Waals surface area (Å²) in [6.45, 7) is 0. The molecular formula is H7CuGaInO3S-. The van der Waals surface area contributed by atoms with Crippen LogP contribution in [0, 0.1) is 0 Å². The van der Waals surface area contributed by atoms with Crippen molar-refractivity contribution in [2.75, 3.05) is 0 Å². The van der Waals surface area contributed by atoms with Crippen molar-refractivity contribution in [1.29, 1.82) is 0 Å². The van der Waals surface area contributed by atoms with Gasteiger partial charge in [0.25, 0.3) is 0 Å². The van der Waals surface area contributed by atoms with Gasteiger partial charge in [-0.25, -0.2) is 4.21 Å². The van der Waals surface area contributed by atoms with Crippen LogP contribution in [-0.2, 0) is 28.4 Å². The molecule has 1 N–H and O–H groups in total. The van der Waals surface area contributed by atoms with E-state index >= 15 is 0 Å². The van der Waals surface area contributed by atoms with Crippen LogP contribution in [0.25, 0.3) is 0 Å². The molecule has 7 heteroatoms. The second-order valence-electron chi connectivity index (χ2n) is 0.217. The topological polar surface area (TPSA) is 60.4 Å². The Kier molecular flexibility index (Phi) is 51.5. The van der Waals surface area contributed by atoms with Crippen molar-refractivity contribution in [3.8, 4) is 0 Å². The van der Waals surface area contributed by atoms with Gasteiger partial charge in [0.2, 0.25) is 0 Å². The van der Waals surface area contributed by atoms with Crippen molar-refractivity contribution >= 4 is 57.0 Å². The molecule has 0 amide bonds. The molecule has 0 aliphatic carbocycles. The zero-order valence-corrected chi connectivity index (χ0v) is 3.73. The van der Waals surface area contributed by atoms with E-state index < -0.39 is 11.4 Å². The Morgan fingerprint density at radius 3 is 1.57 bits per heavy atom. The van der Waals surface area contributed by atoms with Crippen molar-refractivity contribution in [3.63, 3.8) is 0 Å². The van der Waals surface area contributed by atoms with Gasteiger partial charge in [-0.3, -0.25) is 0 Å². The third kappa shape index (κ3) is 68.5. The zero-order valence-electron chi connectivity index (χ0n) is 1.97. The summed E-state index contributed by atoms with van der Waals surface area (Å²) in [5.41, 5.74) is 0. The normalized spacial score (nSPS) is 8.86. The molecule has 0 aliphatic heterocycles. The van der Waals surface area contributed by atoms with Crippen LogP contribution >= 0.6 is 0 Å². The quantitative estimate of drug-likeness (QED) is 0.378. The monoisotopic (exact) mass is 334 g/mol. The van der Waals surface area contributed by atoms with Crippen molar-refractivity contribution in [3.05, 3.63) is 0 Å². The molecule has 0 heterocycles.